The van der Waals surface area contributed by atoms with Gasteiger partial charge in [0.2, 0.25) is 0 Å². The zero-order chi connectivity index (χ0) is 11.1. The third-order valence-electron chi connectivity index (χ3n) is 1.90. The lowest BCUT2D eigenvalue weighted by atomic mass is 10.3. The predicted octanol–water partition coefficient (Wildman–Crippen LogP) is 3.09. The molecule has 0 unspecified atom stereocenters. The van der Waals surface area contributed by atoms with Crippen molar-refractivity contribution in [1.82, 2.24) is 9.97 Å². The molecular formula is C13H16N2. The van der Waals surface area contributed by atoms with E-state index in [4.69, 9.17) is 0 Å². The Bertz CT molecular complexity index is 379. The Kier molecular flexibility index (Phi) is 4.48. The van der Waals surface area contributed by atoms with Crippen LogP contribution in [0.3, 0.4) is 0 Å². The summed E-state index contributed by atoms with van der Waals surface area (Å²) in [5, 5.41) is 0. The van der Waals surface area contributed by atoms with Gasteiger partial charge < -0.3 is 0 Å². The number of hydrogen-bond acceptors (Lipinski definition) is 2. The molecule has 2 aromatic heterocycles. The van der Waals surface area contributed by atoms with Crippen molar-refractivity contribution in [3.05, 3.63) is 59.7 Å². The normalized spacial score (nSPS) is 9.00. The summed E-state index contributed by atoms with van der Waals surface area (Å²) in [7, 11) is 0. The molecule has 2 heteroatoms. The van der Waals surface area contributed by atoms with Crippen molar-refractivity contribution < 1.29 is 0 Å². The summed E-state index contributed by atoms with van der Waals surface area (Å²) in [6.07, 6.45) is 5.40. The number of rotatable bonds is 0. The maximum atomic E-state index is 4.04. The first-order valence-electron chi connectivity index (χ1n) is 4.94. The van der Waals surface area contributed by atoms with Gasteiger partial charge in [-0.1, -0.05) is 0 Å². The Morgan fingerprint density at radius 2 is 1.40 bits per heavy atom. The van der Waals surface area contributed by atoms with E-state index in [9.17, 15) is 0 Å². The van der Waals surface area contributed by atoms with Crippen LogP contribution in [0.25, 0.3) is 0 Å². The minimum absolute atomic E-state index is 1.09. The van der Waals surface area contributed by atoms with Crippen LogP contribution < -0.4 is 0 Å². The van der Waals surface area contributed by atoms with Crippen molar-refractivity contribution in [1.29, 1.82) is 0 Å². The quantitative estimate of drug-likeness (QED) is 0.653. The molecule has 2 rings (SSSR count). The van der Waals surface area contributed by atoms with Crippen LogP contribution in [0, 0.1) is 20.8 Å². The molecule has 2 aromatic rings. The highest BCUT2D eigenvalue weighted by Crippen LogP contribution is 1.95. The van der Waals surface area contributed by atoms with Crippen molar-refractivity contribution in [3.63, 3.8) is 0 Å². The molecule has 0 aliphatic rings. The fourth-order valence-corrected chi connectivity index (χ4v) is 1.11. The van der Waals surface area contributed by atoms with Crippen LogP contribution in [0.5, 0.6) is 0 Å². The van der Waals surface area contributed by atoms with E-state index in [-0.39, 0.29) is 0 Å². The molecule has 0 radical (unpaired) electrons. The second kappa shape index (κ2) is 5.91. The highest BCUT2D eigenvalue weighted by molar-refractivity contribution is 5.12. The van der Waals surface area contributed by atoms with Gasteiger partial charge in [0, 0.05) is 24.3 Å². The van der Waals surface area contributed by atoms with Crippen molar-refractivity contribution in [2.24, 2.45) is 0 Å². The summed E-state index contributed by atoms with van der Waals surface area (Å²) in [5.74, 6) is 0. The average molecular weight is 200 g/mol. The second-order valence-electron chi connectivity index (χ2n) is 3.50. The summed E-state index contributed by atoms with van der Waals surface area (Å²) in [6.45, 7) is 6.10. The van der Waals surface area contributed by atoms with Crippen molar-refractivity contribution >= 4 is 0 Å². The molecular weight excluding hydrogens is 184 g/mol. The van der Waals surface area contributed by atoms with Crippen LogP contribution >= 0.6 is 0 Å². The smallest absolute Gasteiger partial charge is 0.0375 e. The summed E-state index contributed by atoms with van der Waals surface area (Å²) < 4.78 is 0. The predicted molar refractivity (Wildman–Crippen MR) is 62.7 cm³/mol. The van der Waals surface area contributed by atoms with Crippen LogP contribution in [-0.2, 0) is 0 Å². The van der Waals surface area contributed by atoms with E-state index >= 15 is 0 Å². The molecule has 0 aromatic carbocycles. The maximum absolute atomic E-state index is 4.04. The van der Waals surface area contributed by atoms with Gasteiger partial charge in [0.15, 0.2) is 0 Å². The zero-order valence-electron chi connectivity index (χ0n) is 9.44. The lowest BCUT2D eigenvalue weighted by Gasteiger charge is -1.90. The summed E-state index contributed by atoms with van der Waals surface area (Å²) in [5.41, 5.74) is 3.62. The van der Waals surface area contributed by atoms with E-state index in [1.165, 1.54) is 11.1 Å². The Morgan fingerprint density at radius 3 is 1.73 bits per heavy atom. The molecule has 0 atom stereocenters. The number of aromatic nitrogens is 2. The first-order valence-corrected chi connectivity index (χ1v) is 4.94. The van der Waals surface area contributed by atoms with E-state index in [0.717, 1.165) is 5.69 Å². The van der Waals surface area contributed by atoms with Crippen LogP contribution in [0.1, 0.15) is 16.8 Å². The zero-order valence-corrected chi connectivity index (χ0v) is 9.44. The molecule has 0 aliphatic carbocycles. The largest absolute Gasteiger partial charge is 0.265 e. The maximum Gasteiger partial charge on any atom is 0.0375 e. The topological polar surface area (TPSA) is 25.8 Å². The van der Waals surface area contributed by atoms with Gasteiger partial charge in [-0.3, -0.25) is 9.97 Å². The van der Waals surface area contributed by atoms with Crippen molar-refractivity contribution in [3.8, 4) is 0 Å². The molecule has 0 aliphatic heterocycles. The van der Waals surface area contributed by atoms with Crippen molar-refractivity contribution in [2.75, 3.05) is 0 Å². The molecule has 15 heavy (non-hydrogen) atoms. The van der Waals surface area contributed by atoms with Crippen LogP contribution in [0.15, 0.2) is 42.9 Å². The third kappa shape index (κ3) is 4.91. The van der Waals surface area contributed by atoms with E-state index in [2.05, 4.69) is 23.0 Å². The summed E-state index contributed by atoms with van der Waals surface area (Å²) in [4.78, 5) is 7.89. The fraction of sp³-hybridized carbons (Fsp3) is 0.231. The number of nitrogens with zero attached hydrogens (tertiary/aromatic N) is 2. The Hall–Kier alpha value is -1.70. The molecule has 0 spiro atoms. The van der Waals surface area contributed by atoms with Gasteiger partial charge in [-0.2, -0.15) is 0 Å². The highest BCUT2D eigenvalue weighted by atomic mass is 14.6. The van der Waals surface area contributed by atoms with Gasteiger partial charge in [0.25, 0.3) is 0 Å². The molecule has 0 saturated carbocycles. The second-order valence-corrected chi connectivity index (χ2v) is 3.50. The average Bonchev–Trinajstić information content (AvgIpc) is 2.19. The molecule has 2 nitrogen and oxygen atoms in total. The Balaban J connectivity index is 0.000000151. The Morgan fingerprint density at radius 1 is 0.800 bits per heavy atom. The lowest BCUT2D eigenvalue weighted by molar-refractivity contribution is 1.18. The molecule has 0 fully saturated rings. The molecule has 0 N–H and O–H groups in total. The minimum Gasteiger partial charge on any atom is -0.265 e. The first kappa shape index (κ1) is 11.4. The van der Waals surface area contributed by atoms with E-state index in [0.29, 0.717) is 0 Å². The van der Waals surface area contributed by atoms with E-state index < -0.39 is 0 Å². The molecule has 2 heterocycles. The summed E-state index contributed by atoms with van der Waals surface area (Å²) >= 11 is 0. The fourth-order valence-electron chi connectivity index (χ4n) is 1.11. The molecule has 0 saturated heterocycles. The molecule has 0 amide bonds. The standard InChI is InChI=1S/C7H9N.C6H7N/c1-6-3-4-8-7(2)5-6;1-6-2-4-7-5-3-6/h3-5H,1-2H3;2-5H,1H3. The molecule has 78 valence electrons. The first-order chi connectivity index (χ1) is 7.18. The SMILES string of the molecule is Cc1ccnc(C)c1.Cc1ccncc1. The third-order valence-corrected chi connectivity index (χ3v) is 1.90. The Labute approximate surface area is 91.0 Å². The van der Waals surface area contributed by atoms with Gasteiger partial charge in [0.1, 0.15) is 0 Å². The van der Waals surface area contributed by atoms with Crippen molar-refractivity contribution in [2.45, 2.75) is 20.8 Å². The van der Waals surface area contributed by atoms with E-state index in [1.807, 2.05) is 38.2 Å². The number of hydrogen-bond donors (Lipinski definition) is 0. The van der Waals surface area contributed by atoms with Crippen LogP contribution in [0.4, 0.5) is 0 Å². The van der Waals surface area contributed by atoms with Gasteiger partial charge in [0.05, 0.1) is 0 Å². The van der Waals surface area contributed by atoms with E-state index in [1.54, 1.807) is 12.4 Å². The van der Waals surface area contributed by atoms with Gasteiger partial charge >= 0.3 is 0 Å². The number of aryl methyl sites for hydroxylation is 3. The van der Waals surface area contributed by atoms with Gasteiger partial charge in [-0.25, -0.2) is 0 Å². The number of pyridine rings is 2. The highest BCUT2D eigenvalue weighted by Gasteiger charge is 1.82. The molecule has 0 bridgehead atoms. The van der Waals surface area contributed by atoms with Crippen LogP contribution in [-0.4, -0.2) is 9.97 Å². The van der Waals surface area contributed by atoms with Crippen LogP contribution in [0.2, 0.25) is 0 Å². The summed E-state index contributed by atoms with van der Waals surface area (Å²) in [6, 6.07) is 7.99. The van der Waals surface area contributed by atoms with Gasteiger partial charge in [-0.15, -0.1) is 0 Å². The van der Waals surface area contributed by atoms with Gasteiger partial charge in [-0.05, 0) is 56.2 Å². The lowest BCUT2D eigenvalue weighted by Crippen LogP contribution is -1.78. The minimum atomic E-state index is 1.09. The monoisotopic (exact) mass is 200 g/mol.